The number of benzene rings is 1. The molecule has 1 aliphatic rings. The minimum absolute atomic E-state index is 0.142. The molecular formula is C13H14Cl2FNO2. The van der Waals surface area contributed by atoms with Crippen LogP contribution in [0.5, 0.6) is 0 Å². The van der Waals surface area contributed by atoms with Crippen molar-refractivity contribution in [1.82, 2.24) is 4.90 Å². The maximum absolute atomic E-state index is 13.5. The number of hydrogen-bond acceptors (Lipinski definition) is 2. The van der Waals surface area contributed by atoms with Gasteiger partial charge in [0.2, 0.25) is 0 Å². The summed E-state index contributed by atoms with van der Waals surface area (Å²) in [5.41, 5.74) is 1.20. The van der Waals surface area contributed by atoms with E-state index in [-0.39, 0.29) is 22.9 Å². The molecule has 2 rings (SSSR count). The molecule has 6 heteroatoms. The monoisotopic (exact) mass is 305 g/mol. The van der Waals surface area contributed by atoms with E-state index in [1.165, 1.54) is 17.0 Å². The second-order valence-electron chi connectivity index (χ2n) is 4.60. The van der Waals surface area contributed by atoms with Crippen molar-refractivity contribution in [2.45, 2.75) is 31.4 Å². The molecule has 0 aliphatic carbocycles. The van der Waals surface area contributed by atoms with Crippen molar-refractivity contribution in [3.63, 3.8) is 0 Å². The van der Waals surface area contributed by atoms with Crippen molar-refractivity contribution in [1.29, 1.82) is 0 Å². The Morgan fingerprint density at radius 1 is 1.58 bits per heavy atom. The van der Waals surface area contributed by atoms with E-state index in [9.17, 15) is 14.3 Å². The summed E-state index contributed by atoms with van der Waals surface area (Å²) in [6, 6.07) is 2.18. The third-order valence-electron chi connectivity index (χ3n) is 3.46. The minimum atomic E-state index is -0.967. The summed E-state index contributed by atoms with van der Waals surface area (Å²) in [4.78, 5) is 13.3. The SMILES string of the molecule is C[C@@H](c1cc(F)cc(Cl)c1CCl)N1CC[C@H](O)C1=O. The molecule has 0 bridgehead atoms. The molecule has 1 aliphatic heterocycles. The van der Waals surface area contributed by atoms with Gasteiger partial charge in [0.1, 0.15) is 11.9 Å². The normalized spacial score (nSPS) is 21.0. The van der Waals surface area contributed by atoms with E-state index in [0.29, 0.717) is 24.1 Å². The van der Waals surface area contributed by atoms with Gasteiger partial charge in [-0.25, -0.2) is 4.39 Å². The van der Waals surface area contributed by atoms with Crippen molar-refractivity contribution in [3.8, 4) is 0 Å². The molecule has 1 amide bonds. The molecule has 0 saturated carbocycles. The van der Waals surface area contributed by atoms with Gasteiger partial charge >= 0.3 is 0 Å². The van der Waals surface area contributed by atoms with E-state index >= 15 is 0 Å². The highest BCUT2D eigenvalue weighted by atomic mass is 35.5. The number of hydrogen-bond donors (Lipinski definition) is 1. The lowest BCUT2D eigenvalue weighted by molar-refractivity contribution is -0.136. The second kappa shape index (κ2) is 5.65. The number of nitrogens with zero attached hydrogens (tertiary/aromatic N) is 1. The third kappa shape index (κ3) is 2.71. The molecule has 19 heavy (non-hydrogen) atoms. The lowest BCUT2D eigenvalue weighted by Crippen LogP contribution is -2.32. The quantitative estimate of drug-likeness (QED) is 0.872. The van der Waals surface area contributed by atoms with Gasteiger partial charge in [-0.1, -0.05) is 11.6 Å². The number of rotatable bonds is 3. The van der Waals surface area contributed by atoms with E-state index in [2.05, 4.69) is 0 Å². The van der Waals surface area contributed by atoms with Crippen LogP contribution in [0.25, 0.3) is 0 Å². The van der Waals surface area contributed by atoms with Crippen molar-refractivity contribution in [3.05, 3.63) is 34.1 Å². The predicted octanol–water partition coefficient (Wildman–Crippen LogP) is 2.87. The molecule has 1 aromatic rings. The first kappa shape index (κ1) is 14.6. The number of carbonyl (C=O) groups excluding carboxylic acids is 1. The van der Waals surface area contributed by atoms with Gasteiger partial charge in [0.15, 0.2) is 0 Å². The van der Waals surface area contributed by atoms with Gasteiger partial charge in [-0.15, -0.1) is 11.6 Å². The standard InChI is InChI=1S/C13H14Cl2FNO2/c1-7(17-3-2-12(18)13(17)19)9-4-8(16)5-11(15)10(9)6-14/h4-5,7,12,18H,2-3,6H2,1H3/t7-,12-/m0/s1. The van der Waals surface area contributed by atoms with E-state index < -0.39 is 11.9 Å². The van der Waals surface area contributed by atoms with Crippen LogP contribution in [0.15, 0.2) is 12.1 Å². The van der Waals surface area contributed by atoms with Crippen LogP contribution in [0.3, 0.4) is 0 Å². The van der Waals surface area contributed by atoms with Gasteiger partial charge in [-0.05, 0) is 36.6 Å². The summed E-state index contributed by atoms with van der Waals surface area (Å²) < 4.78 is 13.5. The van der Waals surface area contributed by atoms with Gasteiger partial charge in [-0.2, -0.15) is 0 Å². The topological polar surface area (TPSA) is 40.5 Å². The zero-order valence-corrected chi connectivity index (χ0v) is 11.9. The number of aliphatic hydroxyl groups excluding tert-OH is 1. The Morgan fingerprint density at radius 3 is 2.79 bits per heavy atom. The Bertz CT molecular complexity index is 510. The lowest BCUT2D eigenvalue weighted by Gasteiger charge is -2.26. The first-order valence-electron chi connectivity index (χ1n) is 5.98. The number of likely N-dealkylation sites (tertiary alicyclic amines) is 1. The molecule has 3 nitrogen and oxygen atoms in total. The molecule has 104 valence electrons. The zero-order valence-electron chi connectivity index (χ0n) is 10.4. The molecular weight excluding hydrogens is 292 g/mol. The van der Waals surface area contributed by atoms with Gasteiger partial charge < -0.3 is 10.0 Å². The summed E-state index contributed by atoms with van der Waals surface area (Å²) in [5, 5.41) is 9.74. The predicted molar refractivity (Wildman–Crippen MR) is 71.7 cm³/mol. The number of halogens is 3. The van der Waals surface area contributed by atoms with Crippen molar-refractivity contribution in [2.75, 3.05) is 6.54 Å². The molecule has 1 saturated heterocycles. The van der Waals surface area contributed by atoms with Gasteiger partial charge in [0.25, 0.3) is 5.91 Å². The maximum Gasteiger partial charge on any atom is 0.251 e. The van der Waals surface area contributed by atoms with Crippen LogP contribution in [0.4, 0.5) is 4.39 Å². The van der Waals surface area contributed by atoms with E-state index in [1.54, 1.807) is 6.92 Å². The number of aliphatic hydroxyl groups is 1. The number of alkyl halides is 1. The van der Waals surface area contributed by atoms with E-state index in [1.807, 2.05) is 0 Å². The number of carbonyl (C=O) groups is 1. The molecule has 1 aromatic carbocycles. The Hall–Kier alpha value is -0.840. The Labute approximate surface area is 120 Å². The summed E-state index contributed by atoms with van der Waals surface area (Å²) in [5.74, 6) is -0.662. The van der Waals surface area contributed by atoms with Crippen LogP contribution in [0, 0.1) is 5.82 Å². The van der Waals surface area contributed by atoms with Crippen LogP contribution >= 0.6 is 23.2 Å². The highest BCUT2D eigenvalue weighted by Gasteiger charge is 2.34. The van der Waals surface area contributed by atoms with Crippen molar-refractivity contribution >= 4 is 29.1 Å². The van der Waals surface area contributed by atoms with Crippen LogP contribution in [0.2, 0.25) is 5.02 Å². The minimum Gasteiger partial charge on any atom is -0.383 e. The van der Waals surface area contributed by atoms with Crippen molar-refractivity contribution < 1.29 is 14.3 Å². The molecule has 0 aromatic heterocycles. The Kier molecular flexibility index (Phi) is 4.33. The van der Waals surface area contributed by atoms with Gasteiger partial charge in [0.05, 0.1) is 6.04 Å². The highest BCUT2D eigenvalue weighted by Crippen LogP contribution is 2.33. The van der Waals surface area contributed by atoms with Crippen LogP contribution in [0.1, 0.15) is 30.5 Å². The van der Waals surface area contributed by atoms with Crippen molar-refractivity contribution in [2.24, 2.45) is 0 Å². The third-order valence-corrected chi connectivity index (χ3v) is 4.06. The van der Waals surface area contributed by atoms with Crippen LogP contribution in [-0.2, 0) is 10.7 Å². The van der Waals surface area contributed by atoms with Crippen LogP contribution in [-0.4, -0.2) is 28.6 Å². The molecule has 1 heterocycles. The Morgan fingerprint density at radius 2 is 2.26 bits per heavy atom. The fourth-order valence-electron chi connectivity index (χ4n) is 2.38. The largest absolute Gasteiger partial charge is 0.383 e. The number of amides is 1. The molecule has 0 unspecified atom stereocenters. The zero-order chi connectivity index (χ0) is 14.2. The van der Waals surface area contributed by atoms with Gasteiger partial charge in [0, 0.05) is 17.4 Å². The van der Waals surface area contributed by atoms with E-state index in [0.717, 1.165) is 0 Å². The highest BCUT2D eigenvalue weighted by molar-refractivity contribution is 6.32. The molecule has 0 radical (unpaired) electrons. The second-order valence-corrected chi connectivity index (χ2v) is 5.28. The first-order chi connectivity index (χ1) is 8.95. The molecule has 1 N–H and O–H groups in total. The van der Waals surface area contributed by atoms with Crippen LogP contribution < -0.4 is 0 Å². The van der Waals surface area contributed by atoms with Gasteiger partial charge in [-0.3, -0.25) is 4.79 Å². The fraction of sp³-hybridized carbons (Fsp3) is 0.462. The first-order valence-corrected chi connectivity index (χ1v) is 6.89. The lowest BCUT2D eigenvalue weighted by atomic mass is 10.0. The Balaban J connectivity index is 2.38. The average Bonchev–Trinajstić information content (AvgIpc) is 2.68. The molecule has 2 atom stereocenters. The summed E-state index contributed by atoms with van der Waals surface area (Å²) >= 11 is 11.8. The van der Waals surface area contributed by atoms with E-state index in [4.69, 9.17) is 23.2 Å². The smallest absolute Gasteiger partial charge is 0.251 e. The summed E-state index contributed by atoms with van der Waals surface area (Å²) in [6.07, 6.45) is -0.575. The molecule has 1 fully saturated rings. The fourth-order valence-corrected chi connectivity index (χ4v) is 3.02. The summed E-state index contributed by atoms with van der Waals surface area (Å²) in [6.45, 7) is 2.22. The average molecular weight is 306 g/mol. The molecule has 0 spiro atoms. The maximum atomic E-state index is 13.5. The summed E-state index contributed by atoms with van der Waals surface area (Å²) in [7, 11) is 0.